The van der Waals surface area contributed by atoms with Crippen LogP contribution in [0.5, 0.6) is 0 Å². The number of carbonyl (C=O) groups excluding carboxylic acids is 3. The zero-order valence-corrected chi connectivity index (χ0v) is 14.9. The first kappa shape index (κ1) is 16.7. The first-order chi connectivity index (χ1) is 12.6. The van der Waals surface area contributed by atoms with E-state index in [-0.39, 0.29) is 36.1 Å². The van der Waals surface area contributed by atoms with E-state index in [9.17, 15) is 14.4 Å². The summed E-state index contributed by atoms with van der Waals surface area (Å²) in [6.07, 6.45) is 5.03. The third kappa shape index (κ3) is 2.97. The number of imide groups is 1. The highest BCUT2D eigenvalue weighted by molar-refractivity contribution is 7.13. The van der Waals surface area contributed by atoms with Crippen LogP contribution in [0.4, 0.5) is 5.69 Å². The summed E-state index contributed by atoms with van der Waals surface area (Å²) in [7, 11) is 0. The van der Waals surface area contributed by atoms with E-state index in [0.717, 1.165) is 15.3 Å². The summed E-state index contributed by atoms with van der Waals surface area (Å²) >= 11 is 1.59. The largest absolute Gasteiger partial charge is 0.324 e. The maximum Gasteiger partial charge on any atom is 0.244 e. The van der Waals surface area contributed by atoms with Gasteiger partial charge in [-0.05, 0) is 30.4 Å². The number of carbonyl (C=O) groups is 3. The molecule has 0 bridgehead atoms. The molecule has 26 heavy (non-hydrogen) atoms. The van der Waals surface area contributed by atoms with Crippen molar-refractivity contribution in [1.82, 2.24) is 4.90 Å². The standard InChI is InChI=1S/C20H18N2O3S/c23-18(12-22-19(24)13-6-1-2-7-14(13)20(22)25)21-16-9-4-3-8-15(16)17-10-5-11-26-17/h1-5,8-11,13-14H,6-7,12H2,(H,21,23)/t13-,14+. The number of fused-ring (bicyclic) bond motifs is 1. The van der Waals surface area contributed by atoms with Crippen LogP contribution in [0.25, 0.3) is 10.4 Å². The number of thiophene rings is 1. The molecule has 6 heteroatoms. The van der Waals surface area contributed by atoms with Crippen molar-refractivity contribution in [1.29, 1.82) is 0 Å². The lowest BCUT2D eigenvalue weighted by Gasteiger charge is -2.15. The van der Waals surface area contributed by atoms with E-state index in [1.807, 2.05) is 53.9 Å². The molecule has 2 aromatic rings. The van der Waals surface area contributed by atoms with Crippen molar-refractivity contribution in [3.05, 3.63) is 53.9 Å². The quantitative estimate of drug-likeness (QED) is 0.667. The van der Waals surface area contributed by atoms with Gasteiger partial charge in [0.1, 0.15) is 6.54 Å². The summed E-state index contributed by atoms with van der Waals surface area (Å²) < 4.78 is 0. The number of likely N-dealkylation sites (tertiary alicyclic amines) is 1. The molecule has 5 nitrogen and oxygen atoms in total. The number of benzene rings is 1. The molecule has 1 saturated heterocycles. The van der Waals surface area contributed by atoms with Gasteiger partial charge < -0.3 is 5.32 Å². The van der Waals surface area contributed by atoms with Crippen LogP contribution in [0.2, 0.25) is 0 Å². The number of rotatable bonds is 4. The summed E-state index contributed by atoms with van der Waals surface area (Å²) in [5.74, 6) is -1.43. The van der Waals surface area contributed by atoms with Crippen molar-refractivity contribution in [3.63, 3.8) is 0 Å². The van der Waals surface area contributed by atoms with Crippen LogP contribution in [0, 0.1) is 11.8 Å². The molecular weight excluding hydrogens is 348 g/mol. The second-order valence-corrected chi connectivity index (χ2v) is 7.44. The maximum absolute atomic E-state index is 12.5. The van der Waals surface area contributed by atoms with Gasteiger partial charge in [-0.25, -0.2) is 0 Å². The molecule has 1 aromatic heterocycles. The number of hydrogen-bond donors (Lipinski definition) is 1. The highest BCUT2D eigenvalue weighted by atomic mass is 32.1. The molecule has 0 unspecified atom stereocenters. The summed E-state index contributed by atoms with van der Waals surface area (Å²) in [5, 5.41) is 4.83. The Morgan fingerprint density at radius 1 is 1.04 bits per heavy atom. The van der Waals surface area contributed by atoms with Gasteiger partial charge in [0.2, 0.25) is 17.7 Å². The zero-order valence-electron chi connectivity index (χ0n) is 14.1. The zero-order chi connectivity index (χ0) is 18.1. The lowest BCUT2D eigenvalue weighted by molar-refractivity contribution is -0.142. The SMILES string of the molecule is O=C(CN1C(=O)[C@H]2CC=CC[C@H]2C1=O)Nc1ccccc1-c1cccs1. The van der Waals surface area contributed by atoms with E-state index in [2.05, 4.69) is 5.32 Å². The number of para-hydroxylation sites is 1. The molecule has 0 saturated carbocycles. The predicted octanol–water partition coefficient (Wildman–Crippen LogP) is 3.30. The molecule has 4 rings (SSSR count). The fourth-order valence-corrected chi connectivity index (χ4v) is 4.36. The average molecular weight is 366 g/mol. The number of hydrogen-bond acceptors (Lipinski definition) is 4. The second kappa shape index (κ2) is 6.88. The molecule has 0 spiro atoms. The van der Waals surface area contributed by atoms with E-state index in [4.69, 9.17) is 0 Å². The Morgan fingerprint density at radius 2 is 1.73 bits per heavy atom. The van der Waals surface area contributed by atoms with E-state index in [0.29, 0.717) is 18.5 Å². The molecule has 3 amide bonds. The Bertz CT molecular complexity index is 862. The number of allylic oxidation sites excluding steroid dienone is 2. The van der Waals surface area contributed by atoms with Crippen molar-refractivity contribution < 1.29 is 14.4 Å². The maximum atomic E-state index is 12.5. The van der Waals surface area contributed by atoms with Crippen molar-refractivity contribution >= 4 is 34.7 Å². The molecule has 1 fully saturated rings. The van der Waals surface area contributed by atoms with Gasteiger partial charge in [0.05, 0.1) is 11.8 Å². The molecule has 0 radical (unpaired) electrons. The van der Waals surface area contributed by atoms with E-state index < -0.39 is 0 Å². The minimum Gasteiger partial charge on any atom is -0.324 e. The highest BCUT2D eigenvalue weighted by Gasteiger charge is 2.47. The van der Waals surface area contributed by atoms with Crippen LogP contribution in [-0.2, 0) is 14.4 Å². The van der Waals surface area contributed by atoms with Crippen LogP contribution >= 0.6 is 11.3 Å². The van der Waals surface area contributed by atoms with Gasteiger partial charge in [0.25, 0.3) is 0 Å². The molecule has 2 aliphatic rings. The summed E-state index contributed by atoms with van der Waals surface area (Å²) in [6.45, 7) is -0.233. The van der Waals surface area contributed by atoms with Gasteiger partial charge in [-0.1, -0.05) is 36.4 Å². The second-order valence-electron chi connectivity index (χ2n) is 6.49. The van der Waals surface area contributed by atoms with Gasteiger partial charge in [0.15, 0.2) is 0 Å². The van der Waals surface area contributed by atoms with Crippen molar-refractivity contribution in [2.45, 2.75) is 12.8 Å². The number of nitrogens with zero attached hydrogens (tertiary/aromatic N) is 1. The van der Waals surface area contributed by atoms with Crippen LogP contribution in [0.3, 0.4) is 0 Å². The molecule has 1 aromatic carbocycles. The molecule has 2 atom stereocenters. The Kier molecular flexibility index (Phi) is 4.42. The van der Waals surface area contributed by atoms with Crippen LogP contribution in [-0.4, -0.2) is 29.2 Å². The van der Waals surface area contributed by atoms with Crippen molar-refractivity contribution in [2.75, 3.05) is 11.9 Å². The van der Waals surface area contributed by atoms with Crippen LogP contribution in [0.15, 0.2) is 53.9 Å². The average Bonchev–Trinajstić information content (AvgIpc) is 3.26. The first-order valence-corrected chi connectivity index (χ1v) is 9.46. The molecular formula is C20H18N2O3S. The van der Waals surface area contributed by atoms with E-state index in [1.54, 1.807) is 11.3 Å². The van der Waals surface area contributed by atoms with E-state index >= 15 is 0 Å². The molecule has 2 heterocycles. The number of amides is 3. The Morgan fingerprint density at radius 3 is 2.38 bits per heavy atom. The van der Waals surface area contributed by atoms with Gasteiger partial charge >= 0.3 is 0 Å². The lowest BCUT2D eigenvalue weighted by Crippen LogP contribution is -2.38. The Hall–Kier alpha value is -2.73. The number of nitrogens with one attached hydrogen (secondary N) is 1. The molecule has 1 aliphatic carbocycles. The van der Waals surface area contributed by atoms with Crippen molar-refractivity contribution in [2.24, 2.45) is 11.8 Å². The Balaban J connectivity index is 1.49. The van der Waals surface area contributed by atoms with Gasteiger partial charge in [-0.15, -0.1) is 11.3 Å². The Labute approximate surface area is 155 Å². The predicted molar refractivity (Wildman–Crippen MR) is 100 cm³/mol. The summed E-state index contributed by atoms with van der Waals surface area (Å²) in [5.41, 5.74) is 1.60. The molecule has 1 N–H and O–H groups in total. The van der Waals surface area contributed by atoms with Gasteiger partial charge in [-0.3, -0.25) is 19.3 Å². The first-order valence-electron chi connectivity index (χ1n) is 8.58. The monoisotopic (exact) mass is 366 g/mol. The minimum atomic E-state index is -0.359. The molecule has 1 aliphatic heterocycles. The lowest BCUT2D eigenvalue weighted by atomic mass is 9.85. The summed E-state index contributed by atoms with van der Waals surface area (Å²) in [6, 6.07) is 11.5. The van der Waals surface area contributed by atoms with Crippen LogP contribution < -0.4 is 5.32 Å². The smallest absolute Gasteiger partial charge is 0.244 e. The van der Waals surface area contributed by atoms with Crippen LogP contribution in [0.1, 0.15) is 12.8 Å². The third-order valence-corrected chi connectivity index (χ3v) is 5.79. The van der Waals surface area contributed by atoms with Gasteiger partial charge in [0, 0.05) is 16.1 Å². The minimum absolute atomic E-state index is 0.231. The molecule has 132 valence electrons. The van der Waals surface area contributed by atoms with Gasteiger partial charge in [-0.2, -0.15) is 0 Å². The topological polar surface area (TPSA) is 66.5 Å². The third-order valence-electron chi connectivity index (χ3n) is 4.89. The van der Waals surface area contributed by atoms with E-state index in [1.165, 1.54) is 0 Å². The number of anilines is 1. The normalized spacial score (nSPS) is 21.8. The summed E-state index contributed by atoms with van der Waals surface area (Å²) in [4.78, 5) is 39.7. The fourth-order valence-electron chi connectivity index (χ4n) is 3.60. The fraction of sp³-hybridized carbons (Fsp3) is 0.250. The van der Waals surface area contributed by atoms with Crippen molar-refractivity contribution in [3.8, 4) is 10.4 Å². The highest BCUT2D eigenvalue weighted by Crippen LogP contribution is 2.35.